The van der Waals surface area contributed by atoms with Crippen molar-refractivity contribution >= 4 is 27.3 Å². The molecule has 4 rings (SSSR count). The van der Waals surface area contributed by atoms with Crippen LogP contribution < -0.4 is 10.6 Å². The summed E-state index contributed by atoms with van der Waals surface area (Å²) in [4.78, 5) is 12.7. The first-order valence-corrected chi connectivity index (χ1v) is 12.4. The Labute approximate surface area is 189 Å². The van der Waals surface area contributed by atoms with Crippen molar-refractivity contribution in [3.63, 3.8) is 0 Å². The molecule has 0 saturated carbocycles. The van der Waals surface area contributed by atoms with Crippen LogP contribution in [0.25, 0.3) is 11.1 Å². The molecule has 3 aromatic rings. The van der Waals surface area contributed by atoms with Crippen molar-refractivity contribution in [1.82, 2.24) is 4.31 Å². The van der Waals surface area contributed by atoms with Crippen molar-refractivity contribution in [2.75, 3.05) is 29.5 Å². The minimum atomic E-state index is -3.22. The molecule has 32 heavy (non-hydrogen) atoms. The number of hydrogen-bond donors (Lipinski definition) is 2. The van der Waals surface area contributed by atoms with Crippen LogP contribution in [0.5, 0.6) is 0 Å². The first kappa shape index (κ1) is 22.0. The monoisotopic (exact) mass is 449 g/mol. The van der Waals surface area contributed by atoms with E-state index < -0.39 is 10.0 Å². The first-order chi connectivity index (χ1) is 15.5. The standard InChI is InChI=1S/C25H27N3O3S/c1-2-32(30,31)28-16-15-22-20(18-28)11-8-14-23(22)26-17-25(29)27-24-13-7-6-12-21(24)19-9-4-3-5-10-19/h3-14,26H,2,15-18H2,1H3,(H,27,29). The minimum Gasteiger partial charge on any atom is -0.376 e. The van der Waals surface area contributed by atoms with E-state index >= 15 is 0 Å². The highest BCUT2D eigenvalue weighted by Crippen LogP contribution is 2.29. The second-order valence-electron chi connectivity index (χ2n) is 7.74. The van der Waals surface area contributed by atoms with E-state index in [0.29, 0.717) is 19.5 Å². The van der Waals surface area contributed by atoms with Gasteiger partial charge in [-0.2, -0.15) is 4.31 Å². The highest BCUT2D eigenvalue weighted by Gasteiger charge is 2.26. The highest BCUT2D eigenvalue weighted by atomic mass is 32.2. The number of benzene rings is 3. The van der Waals surface area contributed by atoms with Gasteiger partial charge >= 0.3 is 0 Å². The van der Waals surface area contributed by atoms with E-state index in [4.69, 9.17) is 0 Å². The van der Waals surface area contributed by atoms with Crippen LogP contribution in [0.15, 0.2) is 72.8 Å². The Bertz CT molecular complexity index is 1210. The highest BCUT2D eigenvalue weighted by molar-refractivity contribution is 7.89. The van der Waals surface area contributed by atoms with E-state index in [2.05, 4.69) is 10.6 Å². The van der Waals surface area contributed by atoms with E-state index in [1.54, 1.807) is 6.92 Å². The summed E-state index contributed by atoms with van der Waals surface area (Å²) in [5, 5.41) is 6.24. The molecule has 0 fully saturated rings. The second-order valence-corrected chi connectivity index (χ2v) is 10.00. The smallest absolute Gasteiger partial charge is 0.243 e. The van der Waals surface area contributed by atoms with Gasteiger partial charge in [0.2, 0.25) is 15.9 Å². The van der Waals surface area contributed by atoms with Crippen LogP contribution in [0.4, 0.5) is 11.4 Å². The Morgan fingerprint density at radius 1 is 0.938 bits per heavy atom. The molecule has 6 nitrogen and oxygen atoms in total. The summed E-state index contributed by atoms with van der Waals surface area (Å²) >= 11 is 0. The summed E-state index contributed by atoms with van der Waals surface area (Å²) in [6.45, 7) is 2.62. The van der Waals surface area contributed by atoms with Crippen molar-refractivity contribution in [2.24, 2.45) is 0 Å². The lowest BCUT2D eigenvalue weighted by molar-refractivity contribution is -0.114. The number of carbonyl (C=O) groups excluding carboxylic acids is 1. The van der Waals surface area contributed by atoms with Gasteiger partial charge in [0.15, 0.2) is 0 Å². The molecule has 7 heteroatoms. The fourth-order valence-electron chi connectivity index (χ4n) is 4.00. The summed E-state index contributed by atoms with van der Waals surface area (Å²) in [6, 6.07) is 23.5. The number of hydrogen-bond acceptors (Lipinski definition) is 4. The number of sulfonamides is 1. The Balaban J connectivity index is 1.44. The van der Waals surface area contributed by atoms with Gasteiger partial charge in [0.1, 0.15) is 0 Å². The number of nitrogens with zero attached hydrogens (tertiary/aromatic N) is 1. The van der Waals surface area contributed by atoms with E-state index in [0.717, 1.165) is 33.6 Å². The first-order valence-electron chi connectivity index (χ1n) is 10.7. The summed E-state index contributed by atoms with van der Waals surface area (Å²) in [7, 11) is -3.22. The largest absolute Gasteiger partial charge is 0.376 e. The summed E-state index contributed by atoms with van der Waals surface area (Å²) in [5.41, 5.74) is 5.71. The van der Waals surface area contributed by atoms with Crippen molar-refractivity contribution < 1.29 is 13.2 Å². The van der Waals surface area contributed by atoms with Crippen LogP contribution in [0.3, 0.4) is 0 Å². The Morgan fingerprint density at radius 2 is 1.66 bits per heavy atom. The predicted molar refractivity (Wildman–Crippen MR) is 129 cm³/mol. The molecule has 0 saturated heterocycles. The SMILES string of the molecule is CCS(=O)(=O)N1CCc2c(cccc2NCC(=O)Nc2ccccc2-c2ccccc2)C1. The molecule has 2 N–H and O–H groups in total. The fourth-order valence-corrected chi connectivity index (χ4v) is 5.07. The normalized spacial score (nSPS) is 13.9. The van der Waals surface area contributed by atoms with E-state index in [-0.39, 0.29) is 18.2 Å². The maximum absolute atomic E-state index is 12.7. The Hall–Kier alpha value is -3.16. The molecule has 1 heterocycles. The fraction of sp³-hybridized carbons (Fsp3) is 0.240. The van der Waals surface area contributed by atoms with E-state index in [1.165, 1.54) is 4.31 Å². The Kier molecular flexibility index (Phi) is 6.58. The number of anilines is 2. The van der Waals surface area contributed by atoms with Gasteiger partial charge in [-0.15, -0.1) is 0 Å². The molecule has 3 aromatic carbocycles. The molecular weight excluding hydrogens is 422 g/mol. The van der Waals surface area contributed by atoms with Crippen LogP contribution in [-0.4, -0.2) is 37.5 Å². The number of nitrogens with one attached hydrogen (secondary N) is 2. The van der Waals surface area contributed by atoms with Crippen molar-refractivity contribution in [1.29, 1.82) is 0 Å². The zero-order valence-corrected chi connectivity index (χ0v) is 18.9. The second kappa shape index (κ2) is 9.54. The number of para-hydroxylation sites is 1. The number of fused-ring (bicyclic) bond motifs is 1. The van der Waals surface area contributed by atoms with E-state index in [1.807, 2.05) is 72.8 Å². The van der Waals surface area contributed by atoms with Gasteiger partial charge in [-0.05, 0) is 42.2 Å². The maximum Gasteiger partial charge on any atom is 0.243 e. The average Bonchev–Trinajstić information content (AvgIpc) is 2.83. The molecule has 0 spiro atoms. The molecule has 0 bridgehead atoms. The van der Waals surface area contributed by atoms with Crippen LogP contribution >= 0.6 is 0 Å². The number of carbonyl (C=O) groups is 1. The van der Waals surface area contributed by atoms with Crippen molar-refractivity contribution in [3.05, 3.63) is 83.9 Å². The lowest BCUT2D eigenvalue weighted by atomic mass is 9.99. The number of amides is 1. The van der Waals surface area contributed by atoms with Gasteiger partial charge in [0.05, 0.1) is 12.3 Å². The quantitative estimate of drug-likeness (QED) is 0.569. The van der Waals surface area contributed by atoms with Gasteiger partial charge < -0.3 is 10.6 Å². The van der Waals surface area contributed by atoms with Gasteiger partial charge in [-0.3, -0.25) is 4.79 Å². The third kappa shape index (κ3) is 4.84. The third-order valence-corrected chi connectivity index (χ3v) is 7.54. The lowest BCUT2D eigenvalue weighted by Crippen LogP contribution is -2.37. The van der Waals surface area contributed by atoms with E-state index in [9.17, 15) is 13.2 Å². The van der Waals surface area contributed by atoms with Gasteiger partial charge in [0, 0.05) is 30.0 Å². The van der Waals surface area contributed by atoms with Gasteiger partial charge in [-0.1, -0.05) is 60.7 Å². The van der Waals surface area contributed by atoms with Crippen LogP contribution in [0.2, 0.25) is 0 Å². The molecule has 0 aromatic heterocycles. The lowest BCUT2D eigenvalue weighted by Gasteiger charge is -2.29. The Morgan fingerprint density at radius 3 is 2.44 bits per heavy atom. The van der Waals surface area contributed by atoms with Crippen LogP contribution in [0.1, 0.15) is 18.1 Å². The van der Waals surface area contributed by atoms with Crippen LogP contribution in [-0.2, 0) is 27.8 Å². The number of rotatable bonds is 7. The molecular formula is C25H27N3O3S. The summed E-state index contributed by atoms with van der Waals surface area (Å²) in [6.07, 6.45) is 0.621. The molecule has 1 aliphatic rings. The molecule has 0 unspecified atom stereocenters. The predicted octanol–water partition coefficient (Wildman–Crippen LogP) is 4.11. The molecule has 0 radical (unpaired) electrons. The van der Waals surface area contributed by atoms with Crippen LogP contribution in [0, 0.1) is 0 Å². The summed E-state index contributed by atoms with van der Waals surface area (Å²) in [5.74, 6) is -0.0396. The summed E-state index contributed by atoms with van der Waals surface area (Å²) < 4.78 is 26.0. The van der Waals surface area contributed by atoms with Gasteiger partial charge in [-0.25, -0.2) is 8.42 Å². The average molecular weight is 450 g/mol. The third-order valence-electron chi connectivity index (χ3n) is 5.71. The molecule has 0 aliphatic carbocycles. The minimum absolute atomic E-state index is 0.102. The topological polar surface area (TPSA) is 78.5 Å². The molecule has 166 valence electrons. The zero-order chi connectivity index (χ0) is 22.6. The van der Waals surface area contributed by atoms with Gasteiger partial charge in [0.25, 0.3) is 0 Å². The maximum atomic E-state index is 12.7. The molecule has 1 amide bonds. The molecule has 1 aliphatic heterocycles. The van der Waals surface area contributed by atoms with Crippen molar-refractivity contribution in [2.45, 2.75) is 19.9 Å². The molecule has 0 atom stereocenters. The van der Waals surface area contributed by atoms with Crippen molar-refractivity contribution in [3.8, 4) is 11.1 Å². The zero-order valence-electron chi connectivity index (χ0n) is 18.0.